The molecule has 3 aliphatic heterocycles. The predicted molar refractivity (Wildman–Crippen MR) is 203 cm³/mol. The summed E-state index contributed by atoms with van der Waals surface area (Å²) in [5, 5.41) is 22.7. The van der Waals surface area contributed by atoms with Gasteiger partial charge in [0.15, 0.2) is 5.71 Å². The van der Waals surface area contributed by atoms with Crippen LogP contribution in [0.4, 0.5) is 11.4 Å². The summed E-state index contributed by atoms with van der Waals surface area (Å²) >= 11 is 7.31. The molecule has 51 heavy (non-hydrogen) atoms. The number of carboxylic acid groups (broad SMARTS) is 2. The zero-order valence-corrected chi connectivity index (χ0v) is 32.0. The molecule has 0 radical (unpaired) electrons. The first-order chi connectivity index (χ1) is 24.1. The highest BCUT2D eigenvalue weighted by molar-refractivity contribution is 6.32. The third-order valence-corrected chi connectivity index (χ3v) is 11.3. The first kappa shape index (κ1) is 38.3. The van der Waals surface area contributed by atoms with Crippen LogP contribution in [0.15, 0.2) is 94.7 Å². The summed E-state index contributed by atoms with van der Waals surface area (Å²) in [7, 11) is 4.49. The number of anilines is 1. The van der Waals surface area contributed by atoms with Crippen LogP contribution in [0, 0.1) is 0 Å². The van der Waals surface area contributed by atoms with E-state index in [1.807, 2.05) is 0 Å². The maximum Gasteiger partial charge on any atom is 0.209 e. The largest absolute Gasteiger partial charge is 0.550 e. The molecular weight excluding hydrogens is 658 g/mol. The minimum Gasteiger partial charge on any atom is -0.550 e. The van der Waals surface area contributed by atoms with Crippen LogP contribution in [0.1, 0.15) is 90.2 Å². The van der Waals surface area contributed by atoms with Gasteiger partial charge in [-0.15, -0.1) is 0 Å². The number of aliphatic carboxylic acids is 2. The Bertz CT molecular complexity index is 1810. The molecule has 0 atom stereocenters. The number of quaternary nitrogens is 1. The van der Waals surface area contributed by atoms with Crippen LogP contribution in [0.3, 0.4) is 0 Å². The molecule has 0 aromatic heterocycles. The minimum atomic E-state index is -0.987. The second kappa shape index (κ2) is 15.7. The van der Waals surface area contributed by atoms with E-state index in [1.54, 1.807) is 0 Å². The molecule has 2 aromatic rings. The van der Waals surface area contributed by atoms with E-state index in [2.05, 4.69) is 124 Å². The molecule has 8 heteroatoms. The van der Waals surface area contributed by atoms with E-state index in [0.717, 1.165) is 72.5 Å². The topological polar surface area (TPSA) is 86.5 Å². The van der Waals surface area contributed by atoms with Gasteiger partial charge in [0.1, 0.15) is 19.6 Å². The second-order valence-electron chi connectivity index (χ2n) is 16.0. The van der Waals surface area contributed by atoms with Crippen LogP contribution in [0.25, 0.3) is 0 Å². The van der Waals surface area contributed by atoms with E-state index in [9.17, 15) is 19.8 Å². The summed E-state index contributed by atoms with van der Waals surface area (Å²) in [6.07, 6.45) is 13.8. The fraction of sp³-hybridized carbons (Fsp3) is 0.465. The van der Waals surface area contributed by atoms with Crippen molar-refractivity contribution < 1.29 is 28.9 Å². The number of allylic oxidation sites excluding steroid dienone is 4. The summed E-state index contributed by atoms with van der Waals surface area (Å²) in [6.45, 7) is 12.3. The van der Waals surface area contributed by atoms with Crippen molar-refractivity contribution in [1.29, 1.82) is 0 Å². The Morgan fingerprint density at radius 2 is 1.43 bits per heavy atom. The van der Waals surface area contributed by atoms with Crippen LogP contribution < -0.4 is 15.1 Å². The lowest BCUT2D eigenvalue weighted by molar-refractivity contribution is -0.881. The number of benzene rings is 2. The molecule has 0 saturated carbocycles. The van der Waals surface area contributed by atoms with Gasteiger partial charge in [0.2, 0.25) is 5.69 Å². The van der Waals surface area contributed by atoms with Gasteiger partial charge in [-0.25, -0.2) is 0 Å². The fourth-order valence-electron chi connectivity index (χ4n) is 8.13. The summed E-state index contributed by atoms with van der Waals surface area (Å²) in [6, 6.07) is 17.1. The zero-order chi connectivity index (χ0) is 37.0. The number of unbranched alkanes of at least 4 members (excludes halogenated alkanes) is 4. The summed E-state index contributed by atoms with van der Waals surface area (Å²) in [5.41, 5.74) is 9.21. The van der Waals surface area contributed by atoms with Crippen molar-refractivity contribution in [2.24, 2.45) is 0 Å². The van der Waals surface area contributed by atoms with Gasteiger partial charge in [-0.1, -0.05) is 74.3 Å². The van der Waals surface area contributed by atoms with Crippen LogP contribution in [0.5, 0.6) is 0 Å². The molecule has 0 unspecified atom stereocenters. The van der Waals surface area contributed by atoms with Crippen LogP contribution in [-0.2, 0) is 20.4 Å². The highest BCUT2D eigenvalue weighted by Crippen LogP contribution is 2.48. The number of halogens is 1. The number of para-hydroxylation sites is 2. The maximum absolute atomic E-state index is 10.9. The van der Waals surface area contributed by atoms with Crippen molar-refractivity contribution in [3.8, 4) is 0 Å². The van der Waals surface area contributed by atoms with E-state index in [0.29, 0.717) is 12.8 Å². The molecule has 5 rings (SSSR count). The number of carbonyl (C=O) groups is 2. The molecular formula is C43H54ClN3O4. The third-order valence-electron chi connectivity index (χ3n) is 10.8. The molecule has 0 bridgehead atoms. The highest BCUT2D eigenvalue weighted by Gasteiger charge is 2.44. The SMILES string of the molecule is CC1(C)C(=C/C=C2\C[N+](C)(C)CC(/C=C/C3=[N+](CCCCCC(=O)[O-])c4ccccc4C3(C)C)=C2Cl)N(CCCCCC(=O)[O-])c2ccccc21. The van der Waals surface area contributed by atoms with Gasteiger partial charge in [0.25, 0.3) is 0 Å². The number of carboxylic acids is 2. The number of carbonyl (C=O) groups excluding carboxylic acids is 2. The second-order valence-corrected chi connectivity index (χ2v) is 16.4. The Morgan fingerprint density at radius 3 is 2.12 bits per heavy atom. The maximum atomic E-state index is 10.9. The lowest BCUT2D eigenvalue weighted by Gasteiger charge is -2.35. The van der Waals surface area contributed by atoms with Gasteiger partial charge in [-0.05, 0) is 76.2 Å². The van der Waals surface area contributed by atoms with E-state index in [4.69, 9.17) is 11.6 Å². The van der Waals surface area contributed by atoms with Crippen molar-refractivity contribution in [3.63, 3.8) is 0 Å². The number of nitrogens with zero attached hydrogens (tertiary/aromatic N) is 3. The van der Waals surface area contributed by atoms with Crippen LogP contribution >= 0.6 is 11.6 Å². The zero-order valence-electron chi connectivity index (χ0n) is 31.3. The summed E-state index contributed by atoms with van der Waals surface area (Å²) in [4.78, 5) is 24.3. The molecule has 0 N–H and O–H groups in total. The van der Waals surface area contributed by atoms with E-state index < -0.39 is 11.9 Å². The summed E-state index contributed by atoms with van der Waals surface area (Å²) in [5.74, 6) is -1.97. The molecule has 0 aliphatic carbocycles. The van der Waals surface area contributed by atoms with Gasteiger partial charge in [-0.3, -0.25) is 0 Å². The Balaban J connectivity index is 1.46. The first-order valence-electron chi connectivity index (χ1n) is 18.4. The Morgan fingerprint density at radius 1 is 0.804 bits per heavy atom. The number of rotatable bonds is 15. The lowest BCUT2D eigenvalue weighted by atomic mass is 9.81. The number of hydrogen-bond acceptors (Lipinski definition) is 5. The number of hydrogen-bond donors (Lipinski definition) is 0. The van der Waals surface area contributed by atoms with Crippen molar-refractivity contribution in [1.82, 2.24) is 0 Å². The minimum absolute atomic E-state index is 0.0981. The lowest BCUT2D eigenvalue weighted by Crippen LogP contribution is -2.45. The molecule has 0 saturated heterocycles. The molecule has 3 aliphatic rings. The first-order valence-corrected chi connectivity index (χ1v) is 18.8. The fourth-order valence-corrected chi connectivity index (χ4v) is 8.38. The van der Waals surface area contributed by atoms with E-state index in [-0.39, 0.29) is 23.7 Å². The Labute approximate surface area is 309 Å². The molecule has 0 fully saturated rings. The van der Waals surface area contributed by atoms with Crippen molar-refractivity contribution >= 4 is 40.6 Å². The highest BCUT2D eigenvalue weighted by atomic mass is 35.5. The molecule has 0 spiro atoms. The summed E-state index contributed by atoms with van der Waals surface area (Å²) < 4.78 is 3.17. The number of likely N-dealkylation sites (N-methyl/N-ethyl adjacent to an activating group) is 1. The van der Waals surface area contributed by atoms with Gasteiger partial charge in [-0.2, -0.15) is 4.58 Å². The van der Waals surface area contributed by atoms with Gasteiger partial charge in [0.05, 0.1) is 24.5 Å². The van der Waals surface area contributed by atoms with E-state index >= 15 is 0 Å². The molecule has 272 valence electrons. The van der Waals surface area contributed by atoms with Crippen LogP contribution in [-0.4, -0.2) is 67.0 Å². The molecule has 3 heterocycles. The standard InChI is InChI=1S/C43H54ClN3O4/c1-42(2)33-17-11-13-19-35(33)45(27-15-7-9-21-39(48)49)37(42)25-23-31-29-47(5,6)30-32(41(31)44)24-26-38-43(3,4)34-18-12-14-20-36(34)46(38)28-16-8-10-22-40(50)51/h11-14,17-20,23-26H,7-10,15-16,21-22,27-30H2,1-6H3. The monoisotopic (exact) mass is 711 g/mol. The van der Waals surface area contributed by atoms with Crippen molar-refractivity contribution in [2.45, 2.75) is 89.9 Å². The normalized spacial score (nSPS) is 20.5. The van der Waals surface area contributed by atoms with Gasteiger partial charge in [0, 0.05) is 70.6 Å². The van der Waals surface area contributed by atoms with Crippen molar-refractivity contribution in [2.75, 3.05) is 45.2 Å². The van der Waals surface area contributed by atoms with Gasteiger partial charge >= 0.3 is 0 Å². The Hall–Kier alpha value is -3.94. The molecule has 7 nitrogen and oxygen atoms in total. The quantitative estimate of drug-likeness (QED) is 0.121. The average molecular weight is 712 g/mol. The Kier molecular flexibility index (Phi) is 11.8. The predicted octanol–water partition coefficient (Wildman–Crippen LogP) is 6.43. The van der Waals surface area contributed by atoms with Crippen LogP contribution in [0.2, 0.25) is 0 Å². The van der Waals surface area contributed by atoms with Crippen molar-refractivity contribution in [3.05, 3.63) is 106 Å². The average Bonchev–Trinajstić information content (AvgIpc) is 3.42. The molecule has 2 aromatic carbocycles. The number of fused-ring (bicyclic) bond motifs is 2. The molecule has 0 amide bonds. The van der Waals surface area contributed by atoms with E-state index in [1.165, 1.54) is 33.9 Å². The third kappa shape index (κ3) is 8.58. The smallest absolute Gasteiger partial charge is 0.209 e. The van der Waals surface area contributed by atoms with Gasteiger partial charge < -0.3 is 29.2 Å².